The number of alkyl halides is 2. The summed E-state index contributed by atoms with van der Waals surface area (Å²) in [5, 5.41) is 0. The number of carbonyl (C=O) groups is 1. The maximum Gasteiger partial charge on any atom is 0.330 e. The Labute approximate surface area is 105 Å². The minimum absolute atomic E-state index is 0.0320. The Kier molecular flexibility index (Phi) is 10.2. The van der Waals surface area contributed by atoms with E-state index in [0.29, 0.717) is 9.97 Å². The van der Waals surface area contributed by atoms with Gasteiger partial charge in [0.25, 0.3) is 0 Å². The van der Waals surface area contributed by atoms with E-state index in [1.54, 1.807) is 13.0 Å². The van der Waals surface area contributed by atoms with Crippen LogP contribution in [0.5, 0.6) is 0 Å². The Hall–Kier alpha value is 0.387. The standard InChI is InChI=1S/C9H16Br2O2Si/c1-2-5-8(12)13-6-3-4-7-14-9(10)11/h2,5,9H,3-4,6-7,14H2,1H3. The van der Waals surface area contributed by atoms with Crippen LogP contribution in [0.1, 0.15) is 19.8 Å². The Morgan fingerprint density at radius 2 is 2.21 bits per heavy atom. The summed E-state index contributed by atoms with van der Waals surface area (Å²) in [6.07, 6.45) is 5.27. The van der Waals surface area contributed by atoms with Crippen molar-refractivity contribution in [3.8, 4) is 0 Å². The van der Waals surface area contributed by atoms with Crippen LogP contribution in [0.2, 0.25) is 6.04 Å². The smallest absolute Gasteiger partial charge is 0.330 e. The van der Waals surface area contributed by atoms with Crippen molar-refractivity contribution in [2.24, 2.45) is 0 Å². The number of unbranched alkanes of at least 4 members (excludes halogenated alkanes) is 1. The number of allylic oxidation sites excluding steroid dienone is 1. The van der Waals surface area contributed by atoms with Gasteiger partial charge in [-0.1, -0.05) is 50.4 Å². The van der Waals surface area contributed by atoms with E-state index in [0.717, 1.165) is 12.8 Å². The molecule has 0 aliphatic carbocycles. The van der Waals surface area contributed by atoms with Gasteiger partial charge in [-0.25, -0.2) is 4.79 Å². The first-order valence-electron chi connectivity index (χ1n) is 4.74. The predicted octanol–water partition coefficient (Wildman–Crippen LogP) is 2.55. The molecule has 2 nitrogen and oxygen atoms in total. The van der Waals surface area contributed by atoms with Gasteiger partial charge in [-0.3, -0.25) is 0 Å². The van der Waals surface area contributed by atoms with Crippen molar-refractivity contribution in [1.82, 2.24) is 0 Å². The van der Waals surface area contributed by atoms with Crippen LogP contribution in [0.25, 0.3) is 0 Å². The summed E-state index contributed by atoms with van der Waals surface area (Å²) in [7, 11) is -0.0320. The molecule has 0 fully saturated rings. The van der Waals surface area contributed by atoms with Gasteiger partial charge in [0.2, 0.25) is 0 Å². The minimum atomic E-state index is -0.233. The summed E-state index contributed by atoms with van der Waals surface area (Å²) in [6.45, 7) is 2.35. The first-order chi connectivity index (χ1) is 6.66. The molecule has 0 aromatic rings. The molecule has 0 bridgehead atoms. The lowest BCUT2D eigenvalue weighted by atomic mass is 10.3. The molecule has 0 heterocycles. The van der Waals surface area contributed by atoms with Gasteiger partial charge in [0, 0.05) is 15.6 Å². The van der Waals surface area contributed by atoms with Gasteiger partial charge in [0.1, 0.15) is 0 Å². The molecular formula is C9H16Br2O2Si. The quantitative estimate of drug-likeness (QED) is 0.233. The van der Waals surface area contributed by atoms with Crippen molar-refractivity contribution in [1.29, 1.82) is 0 Å². The topological polar surface area (TPSA) is 26.3 Å². The molecule has 0 saturated carbocycles. The zero-order valence-corrected chi connectivity index (χ0v) is 12.9. The third-order valence-electron chi connectivity index (χ3n) is 1.61. The normalized spacial score (nSPS) is 12.0. The van der Waals surface area contributed by atoms with Crippen LogP contribution >= 0.6 is 31.9 Å². The average Bonchev–Trinajstić information content (AvgIpc) is 2.11. The first-order valence-corrected chi connectivity index (χ1v) is 8.39. The Morgan fingerprint density at radius 3 is 2.79 bits per heavy atom. The lowest BCUT2D eigenvalue weighted by Crippen LogP contribution is -2.04. The monoisotopic (exact) mass is 342 g/mol. The zero-order chi connectivity index (χ0) is 10.8. The second-order valence-corrected chi connectivity index (χ2v) is 10.8. The van der Waals surface area contributed by atoms with Crippen molar-refractivity contribution in [2.45, 2.75) is 29.2 Å². The summed E-state index contributed by atoms with van der Waals surface area (Å²) < 4.78 is 5.50. The van der Waals surface area contributed by atoms with Crippen molar-refractivity contribution in [3.05, 3.63) is 12.2 Å². The maximum atomic E-state index is 10.9. The largest absolute Gasteiger partial charge is 0.463 e. The molecule has 0 aromatic heterocycles. The maximum absolute atomic E-state index is 10.9. The molecule has 0 aliphatic rings. The van der Waals surface area contributed by atoms with Gasteiger partial charge in [-0.2, -0.15) is 0 Å². The predicted molar refractivity (Wildman–Crippen MR) is 70.0 cm³/mol. The highest BCUT2D eigenvalue weighted by atomic mass is 79.9. The van der Waals surface area contributed by atoms with E-state index >= 15 is 0 Å². The fourth-order valence-corrected chi connectivity index (χ4v) is 3.83. The summed E-state index contributed by atoms with van der Waals surface area (Å²) in [5.74, 6) is -0.233. The van der Waals surface area contributed by atoms with Gasteiger partial charge in [0.05, 0.1) is 9.97 Å². The van der Waals surface area contributed by atoms with Gasteiger partial charge < -0.3 is 4.74 Å². The number of rotatable bonds is 7. The first kappa shape index (κ1) is 14.4. The molecule has 0 aliphatic heterocycles. The van der Waals surface area contributed by atoms with E-state index in [9.17, 15) is 4.79 Å². The van der Waals surface area contributed by atoms with Crippen LogP contribution in [0, 0.1) is 0 Å². The van der Waals surface area contributed by atoms with Crippen molar-refractivity contribution in [3.63, 3.8) is 0 Å². The SMILES string of the molecule is CC=CC(=O)OCCCC[SiH2]C(Br)Br. The molecule has 0 aromatic carbocycles. The third-order valence-corrected chi connectivity index (χ3v) is 5.71. The number of carbonyl (C=O) groups excluding carboxylic acids is 1. The van der Waals surface area contributed by atoms with E-state index in [1.165, 1.54) is 12.1 Å². The Balaban J connectivity index is 3.17. The highest BCUT2D eigenvalue weighted by molar-refractivity contribution is 9.25. The zero-order valence-electron chi connectivity index (χ0n) is 8.34. The molecule has 0 radical (unpaired) electrons. The lowest BCUT2D eigenvalue weighted by molar-refractivity contribution is -0.137. The average molecular weight is 344 g/mol. The summed E-state index contributed by atoms with van der Waals surface area (Å²) in [5.41, 5.74) is 0. The molecule has 0 rings (SSSR count). The van der Waals surface area contributed by atoms with E-state index in [2.05, 4.69) is 31.9 Å². The third kappa shape index (κ3) is 10.5. The van der Waals surface area contributed by atoms with Crippen molar-refractivity contribution >= 4 is 47.3 Å². The van der Waals surface area contributed by atoms with Crippen LogP contribution in [-0.2, 0) is 9.53 Å². The van der Waals surface area contributed by atoms with Gasteiger partial charge in [-0.05, 0) is 13.3 Å². The molecule has 0 spiro atoms. The Morgan fingerprint density at radius 1 is 1.50 bits per heavy atom. The van der Waals surface area contributed by atoms with Crippen LogP contribution in [0.3, 0.4) is 0 Å². The van der Waals surface area contributed by atoms with E-state index in [1.807, 2.05) is 0 Å². The molecule has 14 heavy (non-hydrogen) atoms. The van der Waals surface area contributed by atoms with Gasteiger partial charge in [-0.15, -0.1) is 0 Å². The Bertz CT molecular complexity index is 184. The van der Waals surface area contributed by atoms with Gasteiger partial charge in [0.15, 0.2) is 0 Å². The molecule has 0 saturated heterocycles. The second kappa shape index (κ2) is 9.92. The van der Waals surface area contributed by atoms with Crippen molar-refractivity contribution in [2.75, 3.05) is 6.61 Å². The highest BCUT2D eigenvalue weighted by Gasteiger charge is 1.99. The van der Waals surface area contributed by atoms with Crippen LogP contribution in [-0.4, -0.2) is 25.5 Å². The molecule has 82 valence electrons. The lowest BCUT2D eigenvalue weighted by Gasteiger charge is -2.02. The number of halogens is 2. The molecule has 5 heteroatoms. The summed E-state index contributed by atoms with van der Waals surface area (Å²) in [6, 6.07) is 1.28. The number of ether oxygens (including phenoxy) is 1. The van der Waals surface area contributed by atoms with Crippen molar-refractivity contribution < 1.29 is 9.53 Å². The molecule has 0 atom stereocenters. The summed E-state index contributed by atoms with van der Waals surface area (Å²) >= 11 is 6.94. The van der Waals surface area contributed by atoms with E-state index in [4.69, 9.17) is 4.74 Å². The van der Waals surface area contributed by atoms with Crippen LogP contribution in [0.15, 0.2) is 12.2 Å². The molecule has 0 amide bonds. The van der Waals surface area contributed by atoms with Crippen LogP contribution < -0.4 is 0 Å². The fourth-order valence-electron chi connectivity index (χ4n) is 0.934. The number of hydrogen-bond acceptors (Lipinski definition) is 2. The molecular weight excluding hydrogens is 328 g/mol. The second-order valence-electron chi connectivity index (χ2n) is 2.91. The molecule has 0 N–H and O–H groups in total. The van der Waals surface area contributed by atoms with Gasteiger partial charge >= 0.3 is 5.97 Å². The summed E-state index contributed by atoms with van der Waals surface area (Å²) in [4.78, 5) is 10.9. The number of hydrogen-bond donors (Lipinski definition) is 0. The van der Waals surface area contributed by atoms with E-state index < -0.39 is 0 Å². The minimum Gasteiger partial charge on any atom is -0.463 e. The number of esters is 1. The molecule has 0 unspecified atom stereocenters. The fraction of sp³-hybridized carbons (Fsp3) is 0.667. The van der Waals surface area contributed by atoms with E-state index in [-0.39, 0.29) is 15.5 Å². The van der Waals surface area contributed by atoms with Crippen LogP contribution in [0.4, 0.5) is 0 Å². The highest BCUT2D eigenvalue weighted by Crippen LogP contribution is 2.09.